The van der Waals surface area contributed by atoms with Gasteiger partial charge in [0.2, 0.25) is 0 Å². The molecule has 0 N–H and O–H groups in total. The van der Waals surface area contributed by atoms with Gasteiger partial charge in [-0.2, -0.15) is 4.98 Å². The Morgan fingerprint density at radius 2 is 1.91 bits per heavy atom. The van der Waals surface area contributed by atoms with Crippen LogP contribution in [0, 0.1) is 17.0 Å². The molecule has 3 rings (SSSR count). The molecule has 3 aromatic rings. The lowest BCUT2D eigenvalue weighted by Crippen LogP contribution is -2.19. The van der Waals surface area contributed by atoms with E-state index in [4.69, 9.17) is 0 Å². The lowest BCUT2D eigenvalue weighted by atomic mass is 10.2. The molecule has 0 saturated carbocycles. The van der Waals surface area contributed by atoms with E-state index in [1.807, 2.05) is 13.0 Å². The summed E-state index contributed by atoms with van der Waals surface area (Å²) in [7, 11) is 0. The quantitative estimate of drug-likeness (QED) is 0.415. The van der Waals surface area contributed by atoms with Gasteiger partial charge < -0.3 is 0 Å². The minimum Gasteiger partial charge on any atom is -0.258 e. The molecule has 0 atom stereocenters. The van der Waals surface area contributed by atoms with Crippen LogP contribution in [0.3, 0.4) is 0 Å². The second kappa shape index (κ2) is 6.17. The maximum Gasteiger partial charge on any atom is 0.355 e. The van der Waals surface area contributed by atoms with Gasteiger partial charge in [-0.1, -0.05) is 30.0 Å². The van der Waals surface area contributed by atoms with Crippen LogP contribution in [0.5, 0.6) is 0 Å². The Bertz CT molecular complexity index is 938. The van der Waals surface area contributed by atoms with Gasteiger partial charge in [-0.15, -0.1) is 0 Å². The second-order valence-corrected chi connectivity index (χ2v) is 5.88. The average Bonchev–Trinajstić information content (AvgIpc) is 2.54. The largest absolute Gasteiger partial charge is 0.355 e. The summed E-state index contributed by atoms with van der Waals surface area (Å²) in [5.41, 5.74) is 2.07. The standard InChI is InChI=1S/C15H12N4O3S/c1-10-2-7-13-16-14(17-15(20)18(13)8-10)23-9-11-3-5-12(6-4-11)19(21)22/h2-8H,9H2,1H3. The molecule has 0 aliphatic heterocycles. The third kappa shape index (κ3) is 3.37. The maximum absolute atomic E-state index is 12.0. The minimum absolute atomic E-state index is 0.0503. The maximum atomic E-state index is 12.0. The van der Waals surface area contributed by atoms with Gasteiger partial charge in [-0.3, -0.25) is 14.5 Å². The summed E-state index contributed by atoms with van der Waals surface area (Å²) in [5, 5.41) is 11.0. The summed E-state index contributed by atoms with van der Waals surface area (Å²) < 4.78 is 1.41. The Kier molecular flexibility index (Phi) is 4.07. The number of nitrogens with zero attached hydrogens (tertiary/aromatic N) is 4. The van der Waals surface area contributed by atoms with Crippen LogP contribution >= 0.6 is 11.8 Å². The number of non-ortho nitro benzene ring substituents is 1. The second-order valence-electron chi connectivity index (χ2n) is 4.94. The number of pyridine rings is 1. The van der Waals surface area contributed by atoms with Gasteiger partial charge in [0.1, 0.15) is 5.65 Å². The van der Waals surface area contributed by atoms with Crippen molar-refractivity contribution in [1.82, 2.24) is 14.4 Å². The highest BCUT2D eigenvalue weighted by molar-refractivity contribution is 7.98. The van der Waals surface area contributed by atoms with Crippen LogP contribution in [0.4, 0.5) is 5.69 Å². The number of nitro groups is 1. The van der Waals surface area contributed by atoms with E-state index in [2.05, 4.69) is 9.97 Å². The van der Waals surface area contributed by atoms with E-state index in [9.17, 15) is 14.9 Å². The van der Waals surface area contributed by atoms with Crippen molar-refractivity contribution in [1.29, 1.82) is 0 Å². The molecule has 0 bridgehead atoms. The monoisotopic (exact) mass is 328 g/mol. The first-order chi connectivity index (χ1) is 11.0. The van der Waals surface area contributed by atoms with Gasteiger partial charge in [0.25, 0.3) is 5.69 Å². The molecule has 0 saturated heterocycles. The number of hydrogen-bond acceptors (Lipinski definition) is 6. The van der Waals surface area contributed by atoms with Crippen molar-refractivity contribution >= 4 is 23.1 Å². The number of nitro benzene ring substituents is 1. The Labute approximate surface area is 135 Å². The van der Waals surface area contributed by atoms with Gasteiger partial charge in [-0.25, -0.2) is 9.78 Å². The van der Waals surface area contributed by atoms with Crippen LogP contribution < -0.4 is 5.69 Å². The molecule has 0 aliphatic carbocycles. The van der Waals surface area contributed by atoms with Crippen molar-refractivity contribution in [2.75, 3.05) is 0 Å². The molecule has 0 spiro atoms. The molecular formula is C15H12N4O3S. The van der Waals surface area contributed by atoms with Gasteiger partial charge in [-0.05, 0) is 24.1 Å². The van der Waals surface area contributed by atoms with E-state index in [0.717, 1.165) is 11.1 Å². The van der Waals surface area contributed by atoms with Crippen LogP contribution in [0.25, 0.3) is 5.65 Å². The zero-order valence-electron chi connectivity index (χ0n) is 12.2. The molecule has 2 aromatic heterocycles. The summed E-state index contributed by atoms with van der Waals surface area (Å²) in [6, 6.07) is 9.93. The third-order valence-corrected chi connectivity index (χ3v) is 4.12. The normalized spacial score (nSPS) is 10.8. The van der Waals surface area contributed by atoms with Crippen LogP contribution in [0.15, 0.2) is 52.5 Å². The van der Waals surface area contributed by atoms with Gasteiger partial charge >= 0.3 is 5.69 Å². The van der Waals surface area contributed by atoms with Crippen molar-refractivity contribution in [3.63, 3.8) is 0 Å². The lowest BCUT2D eigenvalue weighted by molar-refractivity contribution is -0.384. The predicted octanol–water partition coefficient (Wildman–Crippen LogP) is 2.60. The summed E-state index contributed by atoms with van der Waals surface area (Å²) in [6.45, 7) is 1.89. The molecule has 0 aliphatic rings. The first-order valence-electron chi connectivity index (χ1n) is 6.76. The van der Waals surface area contributed by atoms with Crippen LogP contribution in [0.2, 0.25) is 0 Å². The number of hydrogen-bond donors (Lipinski definition) is 0. The van der Waals surface area contributed by atoms with E-state index >= 15 is 0 Å². The molecule has 8 heteroatoms. The zero-order chi connectivity index (χ0) is 16.4. The van der Waals surface area contributed by atoms with E-state index < -0.39 is 4.92 Å². The van der Waals surface area contributed by atoms with Crippen molar-refractivity contribution in [2.24, 2.45) is 0 Å². The number of benzene rings is 1. The van der Waals surface area contributed by atoms with Gasteiger partial charge in [0.05, 0.1) is 4.92 Å². The molecule has 0 unspecified atom stereocenters. The van der Waals surface area contributed by atoms with Crippen molar-refractivity contribution in [3.8, 4) is 0 Å². The molecule has 7 nitrogen and oxygen atoms in total. The lowest BCUT2D eigenvalue weighted by Gasteiger charge is -2.04. The molecule has 23 heavy (non-hydrogen) atoms. The van der Waals surface area contributed by atoms with Gasteiger partial charge in [0.15, 0.2) is 5.16 Å². The number of aromatic nitrogens is 3. The van der Waals surface area contributed by atoms with Gasteiger partial charge in [0, 0.05) is 24.1 Å². The number of fused-ring (bicyclic) bond motifs is 1. The average molecular weight is 328 g/mol. The smallest absolute Gasteiger partial charge is 0.258 e. The first-order valence-corrected chi connectivity index (χ1v) is 7.75. The Balaban J connectivity index is 1.80. The highest BCUT2D eigenvalue weighted by Crippen LogP contribution is 2.20. The zero-order valence-corrected chi connectivity index (χ0v) is 13.0. The Morgan fingerprint density at radius 1 is 1.17 bits per heavy atom. The van der Waals surface area contributed by atoms with Crippen molar-refractivity contribution < 1.29 is 4.92 Å². The molecule has 2 heterocycles. The summed E-state index contributed by atoms with van der Waals surface area (Å²) in [5.74, 6) is 0.527. The van der Waals surface area contributed by atoms with E-state index in [0.29, 0.717) is 16.6 Å². The summed E-state index contributed by atoms with van der Waals surface area (Å²) in [6.07, 6.45) is 1.70. The molecule has 116 valence electrons. The van der Waals surface area contributed by atoms with E-state index in [-0.39, 0.29) is 11.4 Å². The van der Waals surface area contributed by atoms with E-state index in [1.165, 1.54) is 28.3 Å². The minimum atomic E-state index is -0.438. The molecular weight excluding hydrogens is 316 g/mol. The number of rotatable bonds is 4. The van der Waals surface area contributed by atoms with Crippen molar-refractivity contribution in [3.05, 3.63) is 74.3 Å². The van der Waals surface area contributed by atoms with Crippen LogP contribution in [-0.4, -0.2) is 19.3 Å². The molecule has 0 amide bonds. The predicted molar refractivity (Wildman–Crippen MR) is 86.7 cm³/mol. The van der Waals surface area contributed by atoms with E-state index in [1.54, 1.807) is 24.4 Å². The highest BCUT2D eigenvalue weighted by Gasteiger charge is 2.07. The highest BCUT2D eigenvalue weighted by atomic mass is 32.2. The summed E-state index contributed by atoms with van der Waals surface area (Å²) in [4.78, 5) is 30.5. The first kappa shape index (κ1) is 15.2. The Hall–Kier alpha value is -2.74. The third-order valence-electron chi connectivity index (χ3n) is 3.20. The molecule has 1 aromatic carbocycles. The van der Waals surface area contributed by atoms with Crippen LogP contribution in [-0.2, 0) is 5.75 Å². The number of thioether (sulfide) groups is 1. The molecule has 0 fully saturated rings. The van der Waals surface area contributed by atoms with Crippen LogP contribution in [0.1, 0.15) is 11.1 Å². The fourth-order valence-electron chi connectivity index (χ4n) is 2.03. The topological polar surface area (TPSA) is 90.4 Å². The fourth-order valence-corrected chi connectivity index (χ4v) is 2.82. The SMILES string of the molecule is Cc1ccc2nc(SCc3ccc([N+](=O)[O-])cc3)nc(=O)n2c1. The Morgan fingerprint density at radius 3 is 2.61 bits per heavy atom. The fraction of sp³-hybridized carbons (Fsp3) is 0.133. The van der Waals surface area contributed by atoms with Crippen molar-refractivity contribution in [2.45, 2.75) is 17.8 Å². The number of aryl methyl sites for hydroxylation is 1. The summed E-state index contributed by atoms with van der Waals surface area (Å²) >= 11 is 1.32. The molecule has 0 radical (unpaired) electrons.